The van der Waals surface area contributed by atoms with Gasteiger partial charge >= 0.3 is 4.87 Å². The summed E-state index contributed by atoms with van der Waals surface area (Å²) in [6, 6.07) is 0. The fourth-order valence-corrected chi connectivity index (χ4v) is 1.21. The number of halogens is 1. The lowest BCUT2D eigenvalue weighted by molar-refractivity contribution is 1.22. The summed E-state index contributed by atoms with van der Waals surface area (Å²) in [7, 11) is 0. The van der Waals surface area contributed by atoms with Crippen LogP contribution in [0.2, 0.25) is 4.34 Å². The van der Waals surface area contributed by atoms with Crippen molar-refractivity contribution < 1.29 is 0 Å². The van der Waals surface area contributed by atoms with Gasteiger partial charge in [-0.2, -0.15) is 0 Å². The first kappa shape index (κ1) is 5.85. The van der Waals surface area contributed by atoms with Gasteiger partial charge < -0.3 is 4.98 Å². The van der Waals surface area contributed by atoms with E-state index in [2.05, 4.69) is 4.98 Å². The van der Waals surface area contributed by atoms with Gasteiger partial charge in [0.15, 0.2) is 0 Å². The lowest BCUT2D eigenvalue weighted by atomic mass is 10.6. The van der Waals surface area contributed by atoms with E-state index in [0.717, 1.165) is 17.0 Å². The SMILES string of the molecule is Cc1[nH]c(=O)sc1Cl. The van der Waals surface area contributed by atoms with Gasteiger partial charge in [-0.25, -0.2) is 0 Å². The van der Waals surface area contributed by atoms with Crippen molar-refractivity contribution in [2.24, 2.45) is 0 Å². The van der Waals surface area contributed by atoms with Gasteiger partial charge in [-0.1, -0.05) is 22.9 Å². The van der Waals surface area contributed by atoms with Crippen molar-refractivity contribution in [2.75, 3.05) is 0 Å². The molecule has 0 aliphatic rings. The molecule has 0 radical (unpaired) electrons. The molecule has 0 atom stereocenters. The van der Waals surface area contributed by atoms with E-state index in [1.165, 1.54) is 0 Å². The van der Waals surface area contributed by atoms with E-state index in [1.807, 2.05) is 0 Å². The maximum atomic E-state index is 10.4. The Morgan fingerprint density at radius 3 is 2.50 bits per heavy atom. The first-order valence-electron chi connectivity index (χ1n) is 2.05. The van der Waals surface area contributed by atoms with E-state index in [-0.39, 0.29) is 4.87 Å². The highest BCUT2D eigenvalue weighted by Gasteiger charge is 1.96. The highest BCUT2D eigenvalue weighted by molar-refractivity contribution is 7.13. The molecule has 1 rings (SSSR count). The standard InChI is InChI=1S/C4H4ClNOS/c1-2-3(5)8-4(7)6-2/h1H3,(H,6,7). The van der Waals surface area contributed by atoms with Crippen molar-refractivity contribution in [3.05, 3.63) is 19.7 Å². The van der Waals surface area contributed by atoms with Gasteiger partial charge in [0.1, 0.15) is 4.34 Å². The zero-order chi connectivity index (χ0) is 6.15. The number of H-pyrrole nitrogens is 1. The molecule has 0 amide bonds. The predicted octanol–water partition coefficient (Wildman–Crippen LogP) is 1.40. The number of rotatable bonds is 0. The summed E-state index contributed by atoms with van der Waals surface area (Å²) in [5.41, 5.74) is 0.752. The van der Waals surface area contributed by atoms with Crippen LogP contribution in [0, 0.1) is 6.92 Å². The number of thiazole rings is 1. The Hall–Kier alpha value is -0.280. The Morgan fingerprint density at radius 1 is 1.75 bits per heavy atom. The van der Waals surface area contributed by atoms with E-state index in [9.17, 15) is 4.79 Å². The number of aryl methyl sites for hydroxylation is 1. The second kappa shape index (κ2) is 1.91. The molecule has 0 saturated heterocycles. The monoisotopic (exact) mass is 149 g/mol. The lowest BCUT2D eigenvalue weighted by Crippen LogP contribution is -1.90. The lowest BCUT2D eigenvalue weighted by Gasteiger charge is -1.76. The van der Waals surface area contributed by atoms with Crippen molar-refractivity contribution in [3.63, 3.8) is 0 Å². The van der Waals surface area contributed by atoms with Crippen molar-refractivity contribution in [2.45, 2.75) is 6.92 Å². The second-order valence-electron chi connectivity index (χ2n) is 1.41. The van der Waals surface area contributed by atoms with Crippen LogP contribution in [-0.4, -0.2) is 4.98 Å². The molecular weight excluding hydrogens is 146 g/mol. The highest BCUT2D eigenvalue weighted by Crippen LogP contribution is 2.13. The molecule has 0 saturated carbocycles. The largest absolute Gasteiger partial charge is 0.315 e. The second-order valence-corrected chi connectivity index (χ2v) is 3.00. The molecule has 1 N–H and O–H groups in total. The molecule has 8 heavy (non-hydrogen) atoms. The van der Waals surface area contributed by atoms with Crippen LogP contribution in [0.15, 0.2) is 4.79 Å². The number of nitrogens with one attached hydrogen (secondary N) is 1. The number of aromatic amines is 1. The molecule has 0 unspecified atom stereocenters. The van der Waals surface area contributed by atoms with Crippen molar-refractivity contribution in [1.29, 1.82) is 0 Å². The van der Waals surface area contributed by atoms with E-state index in [0.29, 0.717) is 4.34 Å². The van der Waals surface area contributed by atoms with Crippen LogP contribution in [0.4, 0.5) is 0 Å². The molecule has 1 heterocycles. The summed E-state index contributed by atoms with van der Waals surface area (Å²) in [5, 5.41) is 0. The fourth-order valence-electron chi connectivity index (χ4n) is 0.386. The van der Waals surface area contributed by atoms with Crippen LogP contribution >= 0.6 is 22.9 Å². The van der Waals surface area contributed by atoms with Crippen LogP contribution in [0.3, 0.4) is 0 Å². The molecule has 0 aliphatic carbocycles. The number of aromatic nitrogens is 1. The molecule has 0 aliphatic heterocycles. The minimum atomic E-state index is -0.0903. The Bertz CT molecular complexity index is 216. The van der Waals surface area contributed by atoms with E-state index >= 15 is 0 Å². The number of hydrogen-bond donors (Lipinski definition) is 1. The van der Waals surface area contributed by atoms with E-state index in [1.54, 1.807) is 6.92 Å². The zero-order valence-corrected chi connectivity index (χ0v) is 5.77. The Morgan fingerprint density at radius 2 is 2.38 bits per heavy atom. The van der Waals surface area contributed by atoms with E-state index in [4.69, 9.17) is 11.6 Å². The zero-order valence-electron chi connectivity index (χ0n) is 4.19. The maximum absolute atomic E-state index is 10.4. The van der Waals surface area contributed by atoms with Crippen LogP contribution in [0.25, 0.3) is 0 Å². The van der Waals surface area contributed by atoms with Gasteiger partial charge in [-0.15, -0.1) is 0 Å². The van der Waals surface area contributed by atoms with Crippen LogP contribution in [0.1, 0.15) is 5.69 Å². The van der Waals surface area contributed by atoms with Crippen molar-refractivity contribution in [3.8, 4) is 0 Å². The molecule has 0 aromatic carbocycles. The van der Waals surface area contributed by atoms with Crippen molar-refractivity contribution in [1.82, 2.24) is 4.98 Å². The Kier molecular flexibility index (Phi) is 1.40. The highest BCUT2D eigenvalue weighted by atomic mass is 35.5. The van der Waals surface area contributed by atoms with Crippen LogP contribution in [-0.2, 0) is 0 Å². The molecule has 0 spiro atoms. The van der Waals surface area contributed by atoms with E-state index < -0.39 is 0 Å². The minimum Gasteiger partial charge on any atom is -0.315 e. The summed E-state index contributed by atoms with van der Waals surface area (Å²) >= 11 is 6.54. The third-order valence-corrected chi connectivity index (χ3v) is 2.05. The normalized spacial score (nSPS) is 9.75. The average Bonchev–Trinajstić information content (AvgIpc) is 1.85. The molecule has 4 heteroatoms. The average molecular weight is 150 g/mol. The van der Waals surface area contributed by atoms with Gasteiger partial charge in [0.2, 0.25) is 0 Å². The summed E-state index contributed by atoms with van der Waals surface area (Å²) in [5.74, 6) is 0. The Balaban J connectivity index is 3.35. The third-order valence-electron chi connectivity index (χ3n) is 0.767. The van der Waals surface area contributed by atoms with Gasteiger partial charge in [0, 0.05) is 5.69 Å². The van der Waals surface area contributed by atoms with Gasteiger partial charge in [0.25, 0.3) is 0 Å². The fraction of sp³-hybridized carbons (Fsp3) is 0.250. The van der Waals surface area contributed by atoms with Crippen LogP contribution < -0.4 is 4.87 Å². The summed E-state index contributed by atoms with van der Waals surface area (Å²) in [6.45, 7) is 1.76. The first-order chi connectivity index (χ1) is 3.70. The Labute approximate surface area is 55.1 Å². The molecule has 2 nitrogen and oxygen atoms in total. The summed E-state index contributed by atoms with van der Waals surface area (Å²) in [4.78, 5) is 12.8. The molecule has 1 aromatic rings. The van der Waals surface area contributed by atoms with Gasteiger partial charge in [0.05, 0.1) is 0 Å². The van der Waals surface area contributed by atoms with Crippen molar-refractivity contribution >= 4 is 22.9 Å². The number of hydrogen-bond acceptors (Lipinski definition) is 2. The minimum absolute atomic E-state index is 0.0903. The molecule has 0 fully saturated rings. The smallest absolute Gasteiger partial charge is 0.306 e. The quantitative estimate of drug-likeness (QED) is 0.594. The molecule has 44 valence electrons. The topological polar surface area (TPSA) is 32.9 Å². The maximum Gasteiger partial charge on any atom is 0.306 e. The van der Waals surface area contributed by atoms with Crippen LogP contribution in [0.5, 0.6) is 0 Å². The van der Waals surface area contributed by atoms with Gasteiger partial charge in [-0.3, -0.25) is 4.79 Å². The summed E-state index contributed by atoms with van der Waals surface area (Å²) in [6.07, 6.45) is 0. The third kappa shape index (κ3) is 0.928. The first-order valence-corrected chi connectivity index (χ1v) is 3.25. The van der Waals surface area contributed by atoms with Gasteiger partial charge in [-0.05, 0) is 6.92 Å². The molecular formula is C4H4ClNOS. The molecule has 1 aromatic heterocycles. The molecule has 0 bridgehead atoms. The predicted molar refractivity (Wildman–Crippen MR) is 34.7 cm³/mol. The summed E-state index contributed by atoms with van der Waals surface area (Å²) < 4.78 is 0.551.